The molecule has 0 saturated carbocycles. The normalized spacial score (nSPS) is 11.1. The third-order valence-electron chi connectivity index (χ3n) is 4.10. The fourth-order valence-corrected chi connectivity index (χ4v) is 3.02. The van der Waals surface area contributed by atoms with E-state index in [2.05, 4.69) is 32.5 Å². The highest BCUT2D eigenvalue weighted by Crippen LogP contribution is 2.24. The third kappa shape index (κ3) is 4.97. The van der Waals surface area contributed by atoms with Crippen LogP contribution in [0.15, 0.2) is 48.9 Å². The third-order valence-corrected chi connectivity index (χ3v) is 4.63. The average molecular weight is 390 g/mol. The van der Waals surface area contributed by atoms with Crippen LogP contribution >= 0.6 is 23.2 Å². The first-order chi connectivity index (χ1) is 12.6. The van der Waals surface area contributed by atoms with E-state index in [1.807, 2.05) is 30.3 Å². The number of nitrogens with zero attached hydrogens (tertiary/aromatic N) is 3. The molecule has 2 heterocycles. The lowest BCUT2D eigenvalue weighted by Gasteiger charge is -2.18. The van der Waals surface area contributed by atoms with Gasteiger partial charge in [-0.3, -0.25) is 9.97 Å². The maximum absolute atomic E-state index is 6.09. The smallest absolute Gasteiger partial charge is 0.0820 e. The Bertz CT molecular complexity index is 871. The molecule has 0 bridgehead atoms. The minimum Gasteiger partial charge on any atom is -0.383 e. The molecular formula is C19H21Cl2N5. The molecule has 1 aromatic carbocycles. The van der Waals surface area contributed by atoms with Gasteiger partial charge in [0.1, 0.15) is 0 Å². The van der Waals surface area contributed by atoms with Crippen LogP contribution in [0.3, 0.4) is 0 Å². The van der Waals surface area contributed by atoms with Crippen molar-refractivity contribution in [3.05, 3.63) is 59.0 Å². The first kappa shape index (κ1) is 18.7. The molecule has 2 aromatic heterocycles. The summed E-state index contributed by atoms with van der Waals surface area (Å²) in [6.45, 7) is 3.49. The lowest BCUT2D eigenvalue weighted by Crippen LogP contribution is -2.29. The summed E-state index contributed by atoms with van der Waals surface area (Å²) in [4.78, 5) is 10.6. The van der Waals surface area contributed by atoms with Gasteiger partial charge in [-0.05, 0) is 37.4 Å². The van der Waals surface area contributed by atoms with Crippen molar-refractivity contribution >= 4 is 45.5 Å². The van der Waals surface area contributed by atoms with Gasteiger partial charge in [-0.15, -0.1) is 0 Å². The van der Waals surface area contributed by atoms with Gasteiger partial charge in [0.25, 0.3) is 0 Å². The van der Waals surface area contributed by atoms with E-state index in [-0.39, 0.29) is 0 Å². The summed E-state index contributed by atoms with van der Waals surface area (Å²) in [5.74, 6) is 0. The topological polar surface area (TPSA) is 53.1 Å². The van der Waals surface area contributed by atoms with E-state index >= 15 is 0 Å². The van der Waals surface area contributed by atoms with Crippen molar-refractivity contribution in [1.29, 1.82) is 0 Å². The van der Waals surface area contributed by atoms with Gasteiger partial charge in [-0.1, -0.05) is 23.2 Å². The van der Waals surface area contributed by atoms with Crippen LogP contribution in [0.4, 0.5) is 11.4 Å². The average Bonchev–Trinajstić information content (AvgIpc) is 2.63. The zero-order valence-electron chi connectivity index (χ0n) is 14.5. The molecule has 0 unspecified atom stereocenters. The van der Waals surface area contributed by atoms with E-state index in [1.54, 1.807) is 18.6 Å². The number of hydrogen-bond acceptors (Lipinski definition) is 5. The fraction of sp³-hybridized carbons (Fsp3) is 0.263. The molecule has 0 fully saturated rings. The minimum atomic E-state index is 0.640. The fourth-order valence-electron chi connectivity index (χ4n) is 2.67. The molecule has 7 heteroatoms. The number of aromatic nitrogens is 2. The first-order valence-corrected chi connectivity index (χ1v) is 9.19. The Balaban J connectivity index is 1.45. The van der Waals surface area contributed by atoms with Crippen LogP contribution in [0, 0.1) is 0 Å². The Labute approximate surface area is 163 Å². The predicted octanol–water partition coefficient (Wildman–Crippen LogP) is 4.39. The molecule has 0 spiro atoms. The maximum atomic E-state index is 6.09. The number of nitrogens with one attached hydrogen (secondary N) is 2. The van der Waals surface area contributed by atoms with Crippen molar-refractivity contribution in [3.8, 4) is 0 Å². The van der Waals surface area contributed by atoms with E-state index < -0.39 is 0 Å². The zero-order chi connectivity index (χ0) is 18.4. The van der Waals surface area contributed by atoms with Crippen LogP contribution in [0.25, 0.3) is 10.9 Å². The molecule has 2 N–H and O–H groups in total. The zero-order valence-corrected chi connectivity index (χ0v) is 16.1. The van der Waals surface area contributed by atoms with Gasteiger partial charge in [0.05, 0.1) is 16.2 Å². The van der Waals surface area contributed by atoms with Gasteiger partial charge < -0.3 is 15.5 Å². The molecule has 26 heavy (non-hydrogen) atoms. The number of hydrogen-bond donors (Lipinski definition) is 2. The molecule has 0 radical (unpaired) electrons. The molecule has 0 aliphatic heterocycles. The molecule has 3 aromatic rings. The highest BCUT2D eigenvalue weighted by atomic mass is 35.5. The molecule has 136 valence electrons. The van der Waals surface area contributed by atoms with Crippen molar-refractivity contribution in [1.82, 2.24) is 14.9 Å². The molecule has 0 saturated heterocycles. The summed E-state index contributed by atoms with van der Waals surface area (Å²) in [6, 6.07) is 9.63. The highest BCUT2D eigenvalue weighted by molar-refractivity contribution is 6.33. The standard InChI is InChI=1S/C19H21Cl2N5/c1-26(11-9-25-18-4-6-22-13-16(18)21)10-8-24-17-5-7-23-19-12-14(20)2-3-15(17)19/h2-7,12-13H,8-11H2,1H3,(H,22,25)(H,23,24). The van der Waals surface area contributed by atoms with Crippen LogP contribution in [0.2, 0.25) is 10.0 Å². The Morgan fingerprint density at radius 3 is 2.46 bits per heavy atom. The Morgan fingerprint density at radius 1 is 0.962 bits per heavy atom. The summed E-state index contributed by atoms with van der Waals surface area (Å²) in [5, 5.41) is 9.22. The molecule has 0 amide bonds. The van der Waals surface area contributed by atoms with E-state index in [0.717, 1.165) is 48.5 Å². The number of anilines is 2. The first-order valence-electron chi connectivity index (χ1n) is 8.43. The minimum absolute atomic E-state index is 0.640. The Hall–Kier alpha value is -2.08. The van der Waals surface area contributed by atoms with Gasteiger partial charge in [0.15, 0.2) is 0 Å². The van der Waals surface area contributed by atoms with Gasteiger partial charge >= 0.3 is 0 Å². The van der Waals surface area contributed by atoms with Crippen LogP contribution in [-0.2, 0) is 0 Å². The van der Waals surface area contributed by atoms with Crippen molar-refractivity contribution in [2.24, 2.45) is 0 Å². The largest absolute Gasteiger partial charge is 0.383 e. The number of fused-ring (bicyclic) bond motifs is 1. The van der Waals surface area contributed by atoms with Crippen LogP contribution in [0.5, 0.6) is 0 Å². The number of likely N-dealkylation sites (N-methyl/N-ethyl adjacent to an activating group) is 1. The van der Waals surface area contributed by atoms with Crippen LogP contribution in [0.1, 0.15) is 0 Å². The molecular weight excluding hydrogens is 369 g/mol. The van der Waals surface area contributed by atoms with Crippen molar-refractivity contribution in [2.75, 3.05) is 43.9 Å². The van der Waals surface area contributed by atoms with E-state index in [0.29, 0.717) is 10.0 Å². The summed E-state index contributed by atoms with van der Waals surface area (Å²) in [5.41, 5.74) is 2.88. The number of halogens is 2. The SMILES string of the molecule is CN(CCNc1ccncc1Cl)CCNc1ccnc2cc(Cl)ccc12. The number of benzene rings is 1. The molecule has 5 nitrogen and oxygen atoms in total. The molecule has 0 aliphatic carbocycles. The van der Waals surface area contributed by atoms with Crippen molar-refractivity contribution < 1.29 is 0 Å². The van der Waals surface area contributed by atoms with E-state index in [4.69, 9.17) is 23.2 Å². The van der Waals surface area contributed by atoms with E-state index in [1.165, 1.54) is 0 Å². The second-order valence-electron chi connectivity index (χ2n) is 6.03. The van der Waals surface area contributed by atoms with Gasteiger partial charge in [0.2, 0.25) is 0 Å². The monoisotopic (exact) mass is 389 g/mol. The van der Waals surface area contributed by atoms with Gasteiger partial charge in [-0.2, -0.15) is 0 Å². The molecule has 0 aliphatic rings. The number of pyridine rings is 2. The predicted molar refractivity (Wildman–Crippen MR) is 110 cm³/mol. The van der Waals surface area contributed by atoms with Crippen LogP contribution in [-0.4, -0.2) is 48.1 Å². The van der Waals surface area contributed by atoms with Gasteiger partial charge in [-0.25, -0.2) is 0 Å². The maximum Gasteiger partial charge on any atom is 0.0820 e. The van der Waals surface area contributed by atoms with Crippen molar-refractivity contribution in [3.63, 3.8) is 0 Å². The number of rotatable bonds is 8. The summed E-state index contributed by atoms with van der Waals surface area (Å²) < 4.78 is 0. The van der Waals surface area contributed by atoms with E-state index in [9.17, 15) is 0 Å². The lowest BCUT2D eigenvalue weighted by molar-refractivity contribution is 0.361. The van der Waals surface area contributed by atoms with Crippen molar-refractivity contribution in [2.45, 2.75) is 0 Å². The van der Waals surface area contributed by atoms with Crippen LogP contribution < -0.4 is 10.6 Å². The second kappa shape index (κ2) is 9.03. The molecule has 0 atom stereocenters. The summed E-state index contributed by atoms with van der Waals surface area (Å²) in [7, 11) is 2.10. The highest BCUT2D eigenvalue weighted by Gasteiger charge is 2.04. The Morgan fingerprint density at radius 2 is 1.69 bits per heavy atom. The quantitative estimate of drug-likeness (QED) is 0.598. The second-order valence-corrected chi connectivity index (χ2v) is 6.88. The summed E-state index contributed by atoms with van der Waals surface area (Å²) >= 11 is 12.1. The molecule has 3 rings (SSSR count). The summed E-state index contributed by atoms with van der Waals surface area (Å²) in [6.07, 6.45) is 5.17. The lowest BCUT2D eigenvalue weighted by atomic mass is 10.2. The Kier molecular flexibility index (Phi) is 6.50. The van der Waals surface area contributed by atoms with Gasteiger partial charge in [0, 0.05) is 60.9 Å².